The Morgan fingerprint density at radius 1 is 1.30 bits per heavy atom. The number of carboxylic acid groups (broad SMARTS) is 1. The maximum Gasteiger partial charge on any atom is 0.341 e. The number of carbonyl (C=O) groups is 1. The maximum atomic E-state index is 14.7. The van der Waals surface area contributed by atoms with E-state index in [0.717, 1.165) is 31.5 Å². The Morgan fingerprint density at radius 3 is 2.65 bits per heavy atom. The van der Waals surface area contributed by atoms with Gasteiger partial charge >= 0.3 is 5.97 Å². The molecule has 0 amide bonds. The second-order valence-corrected chi connectivity index (χ2v) is 6.11. The monoisotopic (exact) mass is 317 g/mol. The molecule has 0 radical (unpaired) electrons. The topological polar surface area (TPSA) is 65.8 Å². The first-order chi connectivity index (χ1) is 11.0. The lowest BCUT2D eigenvalue weighted by Crippen LogP contribution is -2.27. The largest absolute Gasteiger partial charge is 0.477 e. The van der Waals surface area contributed by atoms with Crippen molar-refractivity contribution >= 4 is 22.6 Å². The molecule has 1 saturated heterocycles. The van der Waals surface area contributed by atoms with Crippen LogP contribution in [0.15, 0.2) is 17.1 Å². The molecule has 1 fully saturated rings. The van der Waals surface area contributed by atoms with Crippen molar-refractivity contribution in [3.05, 3.63) is 39.4 Å². The normalized spacial score (nSPS) is 16.6. The Kier molecular flexibility index (Phi) is 2.88. The summed E-state index contributed by atoms with van der Waals surface area (Å²) in [6, 6.07) is 1.19. The van der Waals surface area contributed by atoms with Crippen LogP contribution in [0.5, 0.6) is 0 Å². The zero-order valence-corrected chi connectivity index (χ0v) is 12.7. The fourth-order valence-corrected chi connectivity index (χ4v) is 3.67. The molecule has 0 saturated carbocycles. The smallest absolute Gasteiger partial charge is 0.341 e. The molecule has 0 bridgehead atoms. The van der Waals surface area contributed by atoms with Gasteiger partial charge in [0.25, 0.3) is 0 Å². The maximum absolute atomic E-state index is 14.7. The number of hydrogen-bond acceptors (Lipinski definition) is 4. The van der Waals surface area contributed by atoms with Crippen LogP contribution in [0.2, 0.25) is 0 Å². The summed E-state index contributed by atoms with van der Waals surface area (Å²) in [6.07, 6.45) is 3.38. The molecule has 1 aromatic heterocycles. The molecule has 23 heavy (non-hydrogen) atoms. The van der Waals surface area contributed by atoms with Gasteiger partial charge in [0.2, 0.25) is 5.43 Å². The number of aromatic nitrogens is 1. The third-order valence-electron chi connectivity index (χ3n) is 4.70. The fraction of sp³-hybridized carbons (Fsp3) is 0.375. The number of carboxylic acids is 1. The highest BCUT2D eigenvalue weighted by atomic mass is 19.1. The second kappa shape index (κ2) is 4.71. The first-order valence-electron chi connectivity index (χ1n) is 7.59. The van der Waals surface area contributed by atoms with Crippen molar-refractivity contribution in [2.24, 2.45) is 0 Å². The van der Waals surface area contributed by atoms with Crippen LogP contribution in [-0.4, -0.2) is 35.9 Å². The van der Waals surface area contributed by atoms with E-state index in [1.54, 1.807) is 16.7 Å². The molecule has 7 heteroatoms. The van der Waals surface area contributed by atoms with E-state index in [1.165, 1.54) is 12.3 Å². The Morgan fingerprint density at radius 2 is 2.00 bits per heavy atom. The van der Waals surface area contributed by atoms with Crippen molar-refractivity contribution in [1.29, 1.82) is 0 Å². The molecule has 6 nitrogen and oxygen atoms in total. The van der Waals surface area contributed by atoms with Crippen molar-refractivity contribution in [3.63, 3.8) is 0 Å². The van der Waals surface area contributed by atoms with Gasteiger partial charge in [-0.25, -0.2) is 9.18 Å². The third kappa shape index (κ3) is 1.85. The number of rotatable bonds is 2. The average Bonchev–Trinajstić information content (AvgIpc) is 3.11. The third-order valence-corrected chi connectivity index (χ3v) is 4.70. The van der Waals surface area contributed by atoms with Gasteiger partial charge in [0.15, 0.2) is 0 Å². The molecule has 1 aromatic carbocycles. The molecule has 2 aliphatic rings. The lowest BCUT2D eigenvalue weighted by Gasteiger charge is -2.21. The predicted molar refractivity (Wildman–Crippen MR) is 84.4 cm³/mol. The van der Waals surface area contributed by atoms with E-state index in [9.17, 15) is 19.1 Å². The Hall–Kier alpha value is -2.57. The molecule has 3 heterocycles. The van der Waals surface area contributed by atoms with Gasteiger partial charge in [0, 0.05) is 31.9 Å². The molecule has 2 aliphatic heterocycles. The zero-order valence-electron chi connectivity index (χ0n) is 12.7. The van der Waals surface area contributed by atoms with Gasteiger partial charge in [-0.1, -0.05) is 0 Å². The van der Waals surface area contributed by atoms with Gasteiger partial charge in [-0.05, 0) is 18.9 Å². The van der Waals surface area contributed by atoms with Crippen molar-refractivity contribution in [3.8, 4) is 0 Å². The first-order valence-corrected chi connectivity index (χ1v) is 7.59. The van der Waals surface area contributed by atoms with Crippen molar-refractivity contribution in [2.75, 3.05) is 30.0 Å². The molecular weight excluding hydrogens is 301 g/mol. The average molecular weight is 317 g/mol. The Balaban J connectivity index is 2.09. The van der Waals surface area contributed by atoms with Crippen LogP contribution in [-0.2, 0) is 6.54 Å². The van der Waals surface area contributed by atoms with Gasteiger partial charge in [0.05, 0.1) is 23.1 Å². The lowest BCUT2D eigenvalue weighted by molar-refractivity contribution is 0.0695. The zero-order chi connectivity index (χ0) is 16.3. The van der Waals surface area contributed by atoms with Crippen molar-refractivity contribution in [2.45, 2.75) is 19.4 Å². The van der Waals surface area contributed by atoms with Gasteiger partial charge in [-0.15, -0.1) is 0 Å². The van der Waals surface area contributed by atoms with E-state index in [-0.39, 0.29) is 10.9 Å². The Labute approximate surface area is 131 Å². The van der Waals surface area contributed by atoms with Crippen LogP contribution in [0.4, 0.5) is 10.1 Å². The highest BCUT2D eigenvalue weighted by Gasteiger charge is 2.30. The number of pyridine rings is 1. The van der Waals surface area contributed by atoms with Crippen LogP contribution in [0, 0.1) is 5.82 Å². The van der Waals surface area contributed by atoms with E-state index >= 15 is 0 Å². The second-order valence-electron chi connectivity index (χ2n) is 6.11. The van der Waals surface area contributed by atoms with Crippen LogP contribution in [0.3, 0.4) is 0 Å². The fourth-order valence-electron chi connectivity index (χ4n) is 3.67. The molecule has 120 valence electrons. The summed E-state index contributed by atoms with van der Waals surface area (Å²) in [5.74, 6) is -1.75. The highest BCUT2D eigenvalue weighted by molar-refractivity contribution is 5.96. The molecule has 0 spiro atoms. The summed E-state index contributed by atoms with van der Waals surface area (Å²) in [5.41, 5.74) is 0.956. The first kappa shape index (κ1) is 14.0. The predicted octanol–water partition coefficient (Wildman–Crippen LogP) is 1.52. The summed E-state index contributed by atoms with van der Waals surface area (Å²) in [5, 5.41) is 11.1. The number of benzene rings is 1. The lowest BCUT2D eigenvalue weighted by atomic mass is 10.0. The summed E-state index contributed by atoms with van der Waals surface area (Å²) >= 11 is 0. The molecule has 1 N–H and O–H groups in total. The van der Waals surface area contributed by atoms with Gasteiger partial charge < -0.3 is 15.0 Å². The van der Waals surface area contributed by atoms with Crippen LogP contribution in [0.25, 0.3) is 10.9 Å². The number of aromatic carboxylic acids is 1. The van der Waals surface area contributed by atoms with Crippen LogP contribution < -0.4 is 15.3 Å². The van der Waals surface area contributed by atoms with E-state index in [0.29, 0.717) is 17.7 Å². The quantitative estimate of drug-likeness (QED) is 0.910. The van der Waals surface area contributed by atoms with Crippen LogP contribution >= 0.6 is 0 Å². The molecule has 0 aliphatic carbocycles. The number of halogens is 1. The highest BCUT2D eigenvalue weighted by Crippen LogP contribution is 2.36. The minimum absolute atomic E-state index is 0.129. The van der Waals surface area contributed by atoms with E-state index in [4.69, 9.17) is 0 Å². The van der Waals surface area contributed by atoms with Crippen molar-refractivity contribution < 1.29 is 14.3 Å². The van der Waals surface area contributed by atoms with Crippen molar-refractivity contribution in [1.82, 2.24) is 4.68 Å². The minimum Gasteiger partial charge on any atom is -0.477 e. The minimum atomic E-state index is -1.30. The Bertz CT molecular complexity index is 900. The van der Waals surface area contributed by atoms with Gasteiger partial charge in [-0.3, -0.25) is 9.47 Å². The van der Waals surface area contributed by atoms with Crippen LogP contribution in [0.1, 0.15) is 28.8 Å². The number of anilines is 1. The summed E-state index contributed by atoms with van der Waals surface area (Å²) in [4.78, 5) is 25.7. The summed E-state index contributed by atoms with van der Waals surface area (Å²) < 4.78 is 16.4. The summed E-state index contributed by atoms with van der Waals surface area (Å²) in [7, 11) is 1.79. The van der Waals surface area contributed by atoms with Gasteiger partial charge in [-0.2, -0.15) is 0 Å². The number of nitrogens with zero attached hydrogens (tertiary/aromatic N) is 3. The van der Waals surface area contributed by atoms with E-state index in [1.807, 2.05) is 4.90 Å². The SMILES string of the molecule is CN1Cc2c(N3CCCC3)c(F)cc3c(=O)c(C(=O)O)cn1c23. The molecule has 4 rings (SSSR count). The van der Waals surface area contributed by atoms with Gasteiger partial charge in [0.1, 0.15) is 11.4 Å². The van der Waals surface area contributed by atoms with E-state index in [2.05, 4.69) is 0 Å². The number of hydrogen-bond donors (Lipinski definition) is 1. The summed E-state index contributed by atoms with van der Waals surface area (Å²) in [6.45, 7) is 2.05. The molecule has 0 atom stereocenters. The standard InChI is InChI=1S/C16H16FN3O3/c1-18-7-10-13-9(15(21)11(16(22)23)8-20(13)18)6-12(17)14(10)19-4-2-3-5-19/h6,8H,2-5,7H2,1H3,(H,22,23). The molecule has 2 aromatic rings. The molecule has 0 unspecified atom stereocenters. The molecular formula is C16H16FN3O3. The van der Waals surface area contributed by atoms with E-state index < -0.39 is 17.2 Å².